The molecule has 2 rings (SSSR count). The summed E-state index contributed by atoms with van der Waals surface area (Å²) >= 11 is 0. The monoisotopic (exact) mass is 278 g/mol. The molecule has 0 fully saturated rings. The van der Waals surface area contributed by atoms with Crippen molar-refractivity contribution in [3.8, 4) is 5.75 Å². The Morgan fingerprint density at radius 2 is 1.95 bits per heavy atom. The smallest absolute Gasteiger partial charge is 0.348 e. The van der Waals surface area contributed by atoms with Gasteiger partial charge in [0.1, 0.15) is 5.75 Å². The number of aliphatic hydroxyl groups is 1. The number of fused-ring (bicyclic) bond motifs is 1. The maximum atomic E-state index is 11.8. The molecule has 0 aromatic heterocycles. The molecule has 20 heavy (non-hydrogen) atoms. The van der Waals surface area contributed by atoms with Gasteiger partial charge in [-0.25, -0.2) is 4.79 Å². The number of hydrogen-bond acceptors (Lipinski definition) is 4. The number of ether oxygens (including phenoxy) is 1. The fourth-order valence-electron chi connectivity index (χ4n) is 2.30. The molecular formula is C15H18O5. The predicted molar refractivity (Wildman–Crippen MR) is 71.7 cm³/mol. The fourth-order valence-corrected chi connectivity index (χ4v) is 2.30. The summed E-state index contributed by atoms with van der Waals surface area (Å²) < 4.78 is 5.20. The molecular weight excluding hydrogens is 260 g/mol. The van der Waals surface area contributed by atoms with Crippen molar-refractivity contribution < 1.29 is 24.5 Å². The van der Waals surface area contributed by atoms with E-state index in [0.29, 0.717) is 16.9 Å². The van der Waals surface area contributed by atoms with Crippen molar-refractivity contribution >= 4 is 11.9 Å². The van der Waals surface area contributed by atoms with Gasteiger partial charge in [0.25, 0.3) is 0 Å². The van der Waals surface area contributed by atoms with E-state index in [1.807, 2.05) is 20.8 Å². The van der Waals surface area contributed by atoms with Gasteiger partial charge in [0.15, 0.2) is 5.60 Å². The topological polar surface area (TPSA) is 83.8 Å². The van der Waals surface area contributed by atoms with E-state index in [-0.39, 0.29) is 11.8 Å². The zero-order chi connectivity index (χ0) is 15.3. The lowest BCUT2D eigenvalue weighted by molar-refractivity contribution is -0.150. The molecule has 0 amide bonds. The van der Waals surface area contributed by atoms with Crippen LogP contribution < -0.4 is 4.74 Å². The van der Waals surface area contributed by atoms with Crippen LogP contribution in [0.2, 0.25) is 0 Å². The number of carbonyl (C=O) groups excluding carboxylic acids is 1. The standard InChI is InChI=1S/C15H18O5/c1-14(2,3)9-5-8(7-11(16)17)6-10-12(9)20-13(18)15(10,4)19/h5-6,19H,7H2,1-4H3,(H,16,17). The molecule has 1 aromatic rings. The number of esters is 1. The Kier molecular flexibility index (Phi) is 3.13. The van der Waals surface area contributed by atoms with E-state index < -0.39 is 17.5 Å². The molecule has 1 unspecified atom stereocenters. The van der Waals surface area contributed by atoms with Crippen LogP contribution in [0.1, 0.15) is 44.4 Å². The normalized spacial score (nSPS) is 21.6. The minimum absolute atomic E-state index is 0.166. The molecule has 0 spiro atoms. The summed E-state index contributed by atoms with van der Waals surface area (Å²) in [6, 6.07) is 3.26. The molecule has 0 radical (unpaired) electrons. The first kappa shape index (κ1) is 14.5. The van der Waals surface area contributed by atoms with Crippen LogP contribution in [0, 0.1) is 0 Å². The zero-order valence-electron chi connectivity index (χ0n) is 12.0. The molecule has 0 bridgehead atoms. The van der Waals surface area contributed by atoms with Gasteiger partial charge in [-0.15, -0.1) is 0 Å². The Morgan fingerprint density at radius 1 is 1.35 bits per heavy atom. The zero-order valence-corrected chi connectivity index (χ0v) is 12.0. The highest BCUT2D eigenvalue weighted by Gasteiger charge is 2.46. The van der Waals surface area contributed by atoms with Crippen LogP contribution in [0.3, 0.4) is 0 Å². The van der Waals surface area contributed by atoms with Gasteiger partial charge in [0, 0.05) is 11.1 Å². The summed E-state index contributed by atoms with van der Waals surface area (Å²) in [4.78, 5) is 22.7. The van der Waals surface area contributed by atoms with Gasteiger partial charge in [-0.3, -0.25) is 4.79 Å². The van der Waals surface area contributed by atoms with Gasteiger partial charge in [-0.05, 0) is 24.0 Å². The molecule has 1 aromatic carbocycles. The van der Waals surface area contributed by atoms with Crippen molar-refractivity contribution in [3.63, 3.8) is 0 Å². The van der Waals surface area contributed by atoms with E-state index in [1.54, 1.807) is 6.07 Å². The Balaban J connectivity index is 2.68. The van der Waals surface area contributed by atoms with E-state index >= 15 is 0 Å². The quantitative estimate of drug-likeness (QED) is 0.636. The van der Waals surface area contributed by atoms with Crippen LogP contribution in [0.5, 0.6) is 5.75 Å². The average Bonchev–Trinajstić information content (AvgIpc) is 2.48. The third kappa shape index (κ3) is 2.29. The number of aliphatic carboxylic acids is 1. The average molecular weight is 278 g/mol. The highest BCUT2D eigenvalue weighted by molar-refractivity contribution is 5.89. The number of rotatable bonds is 2. The van der Waals surface area contributed by atoms with Crippen molar-refractivity contribution in [3.05, 3.63) is 28.8 Å². The van der Waals surface area contributed by atoms with Crippen LogP contribution >= 0.6 is 0 Å². The minimum atomic E-state index is -1.73. The first-order chi connectivity index (χ1) is 9.03. The molecule has 1 atom stereocenters. The SMILES string of the molecule is CC(C)(C)c1cc(CC(=O)O)cc2c1OC(=O)C2(C)O. The molecule has 0 saturated heterocycles. The second kappa shape index (κ2) is 4.31. The summed E-state index contributed by atoms with van der Waals surface area (Å²) in [5, 5.41) is 19.2. The first-order valence-corrected chi connectivity index (χ1v) is 6.38. The Bertz CT molecular complexity index is 593. The highest BCUT2D eigenvalue weighted by Crippen LogP contribution is 2.45. The lowest BCUT2D eigenvalue weighted by Gasteiger charge is -2.23. The molecule has 5 heteroatoms. The van der Waals surface area contributed by atoms with Gasteiger partial charge in [-0.2, -0.15) is 0 Å². The summed E-state index contributed by atoms with van der Waals surface area (Å²) in [7, 11) is 0. The summed E-state index contributed by atoms with van der Waals surface area (Å²) in [5.74, 6) is -1.35. The molecule has 0 saturated carbocycles. The van der Waals surface area contributed by atoms with Crippen LogP contribution in [-0.4, -0.2) is 22.2 Å². The highest BCUT2D eigenvalue weighted by atomic mass is 16.6. The second-order valence-electron chi connectivity index (χ2n) is 6.30. The Labute approximate surface area is 117 Å². The van der Waals surface area contributed by atoms with Crippen molar-refractivity contribution in [2.24, 2.45) is 0 Å². The second-order valence-corrected chi connectivity index (χ2v) is 6.30. The molecule has 1 aliphatic heterocycles. The molecule has 1 aliphatic rings. The number of benzene rings is 1. The van der Waals surface area contributed by atoms with E-state index in [2.05, 4.69) is 0 Å². The molecule has 108 valence electrons. The third-order valence-corrected chi connectivity index (χ3v) is 3.43. The van der Waals surface area contributed by atoms with E-state index in [0.717, 1.165) is 5.56 Å². The van der Waals surface area contributed by atoms with Crippen molar-refractivity contribution in [2.75, 3.05) is 0 Å². The van der Waals surface area contributed by atoms with Gasteiger partial charge in [0.2, 0.25) is 0 Å². The summed E-state index contributed by atoms with van der Waals surface area (Å²) in [6.45, 7) is 7.17. The number of carboxylic acids is 1. The summed E-state index contributed by atoms with van der Waals surface area (Å²) in [5.41, 5.74) is -0.466. The van der Waals surface area contributed by atoms with Crippen molar-refractivity contribution in [1.82, 2.24) is 0 Å². The Hall–Kier alpha value is -1.88. The fraction of sp³-hybridized carbons (Fsp3) is 0.467. The van der Waals surface area contributed by atoms with Crippen LogP contribution in [0.15, 0.2) is 12.1 Å². The van der Waals surface area contributed by atoms with Crippen LogP contribution in [0.25, 0.3) is 0 Å². The predicted octanol–water partition coefficient (Wildman–Crippen LogP) is 1.74. The van der Waals surface area contributed by atoms with E-state index in [1.165, 1.54) is 13.0 Å². The maximum Gasteiger partial charge on any atom is 0.348 e. The van der Waals surface area contributed by atoms with Gasteiger partial charge < -0.3 is 14.9 Å². The number of carboxylic acid groups (broad SMARTS) is 1. The number of carbonyl (C=O) groups is 2. The van der Waals surface area contributed by atoms with Crippen LogP contribution in [0.4, 0.5) is 0 Å². The lowest BCUT2D eigenvalue weighted by atomic mass is 9.82. The molecule has 1 heterocycles. The minimum Gasteiger partial charge on any atom is -0.481 e. The third-order valence-electron chi connectivity index (χ3n) is 3.43. The van der Waals surface area contributed by atoms with Crippen LogP contribution in [-0.2, 0) is 27.0 Å². The first-order valence-electron chi connectivity index (χ1n) is 6.38. The van der Waals surface area contributed by atoms with E-state index in [4.69, 9.17) is 9.84 Å². The largest absolute Gasteiger partial charge is 0.481 e. The maximum absolute atomic E-state index is 11.8. The van der Waals surface area contributed by atoms with Gasteiger partial charge in [0.05, 0.1) is 6.42 Å². The molecule has 5 nitrogen and oxygen atoms in total. The lowest BCUT2D eigenvalue weighted by Crippen LogP contribution is -2.29. The summed E-state index contributed by atoms with van der Waals surface area (Å²) in [6.07, 6.45) is -0.166. The molecule has 0 aliphatic carbocycles. The van der Waals surface area contributed by atoms with Gasteiger partial charge >= 0.3 is 11.9 Å². The molecule has 2 N–H and O–H groups in total. The number of hydrogen-bond donors (Lipinski definition) is 2. The van der Waals surface area contributed by atoms with Gasteiger partial charge in [-0.1, -0.05) is 26.8 Å². The Morgan fingerprint density at radius 3 is 2.45 bits per heavy atom. The van der Waals surface area contributed by atoms with Crippen molar-refractivity contribution in [1.29, 1.82) is 0 Å². The van der Waals surface area contributed by atoms with E-state index in [9.17, 15) is 14.7 Å². The van der Waals surface area contributed by atoms with Crippen molar-refractivity contribution in [2.45, 2.75) is 45.1 Å².